The molecule has 0 radical (unpaired) electrons. The van der Waals surface area contributed by atoms with E-state index < -0.39 is 0 Å². The Hall–Kier alpha value is -1.38. The summed E-state index contributed by atoms with van der Waals surface area (Å²) in [6.45, 7) is 4.82. The Kier molecular flexibility index (Phi) is 10.3. The SMILES string of the molecule is CCCCCCCC1C=C(C(=O)OCCCCCC)C=CC1=O. The van der Waals surface area contributed by atoms with Crippen molar-refractivity contribution in [2.75, 3.05) is 6.61 Å². The van der Waals surface area contributed by atoms with Gasteiger partial charge in [-0.15, -0.1) is 0 Å². The van der Waals surface area contributed by atoms with Gasteiger partial charge in [0.1, 0.15) is 0 Å². The molecule has 0 saturated carbocycles. The molecule has 1 atom stereocenters. The Labute approximate surface area is 141 Å². The molecule has 0 bridgehead atoms. The molecule has 3 nitrogen and oxygen atoms in total. The van der Waals surface area contributed by atoms with Gasteiger partial charge in [-0.25, -0.2) is 4.79 Å². The molecule has 0 heterocycles. The van der Waals surface area contributed by atoms with Gasteiger partial charge >= 0.3 is 5.97 Å². The third-order valence-corrected chi connectivity index (χ3v) is 4.26. The van der Waals surface area contributed by atoms with Crippen molar-refractivity contribution in [3.05, 3.63) is 23.8 Å². The summed E-state index contributed by atoms with van der Waals surface area (Å²) in [5, 5.41) is 0. The summed E-state index contributed by atoms with van der Waals surface area (Å²) in [4.78, 5) is 24.0. The number of unbranched alkanes of at least 4 members (excludes halogenated alkanes) is 7. The lowest BCUT2D eigenvalue weighted by Crippen LogP contribution is -2.17. The summed E-state index contributed by atoms with van der Waals surface area (Å²) < 4.78 is 5.30. The largest absolute Gasteiger partial charge is 0.462 e. The van der Waals surface area contributed by atoms with Crippen LogP contribution in [-0.2, 0) is 14.3 Å². The minimum atomic E-state index is -0.291. The van der Waals surface area contributed by atoms with Crippen LogP contribution in [0.25, 0.3) is 0 Å². The summed E-state index contributed by atoms with van der Waals surface area (Å²) >= 11 is 0. The fraction of sp³-hybridized carbons (Fsp3) is 0.700. The molecule has 130 valence electrons. The van der Waals surface area contributed by atoms with Gasteiger partial charge in [0.05, 0.1) is 12.2 Å². The lowest BCUT2D eigenvalue weighted by molar-refractivity contribution is -0.138. The molecule has 1 aliphatic rings. The average Bonchev–Trinajstić information content (AvgIpc) is 2.55. The smallest absolute Gasteiger partial charge is 0.337 e. The molecule has 0 spiro atoms. The van der Waals surface area contributed by atoms with Crippen molar-refractivity contribution in [3.8, 4) is 0 Å². The molecule has 0 saturated heterocycles. The molecule has 1 rings (SSSR count). The van der Waals surface area contributed by atoms with Crippen LogP contribution in [0.5, 0.6) is 0 Å². The van der Waals surface area contributed by atoms with Crippen LogP contribution in [0.2, 0.25) is 0 Å². The minimum absolute atomic E-state index is 0.111. The maximum absolute atomic E-state index is 12.0. The number of esters is 1. The monoisotopic (exact) mass is 320 g/mol. The van der Waals surface area contributed by atoms with E-state index in [2.05, 4.69) is 13.8 Å². The van der Waals surface area contributed by atoms with Gasteiger partial charge in [0.25, 0.3) is 0 Å². The Morgan fingerprint density at radius 3 is 2.30 bits per heavy atom. The second kappa shape index (κ2) is 12.1. The summed E-state index contributed by atoms with van der Waals surface area (Å²) in [5.74, 6) is -0.328. The van der Waals surface area contributed by atoms with Crippen molar-refractivity contribution in [3.63, 3.8) is 0 Å². The summed E-state index contributed by atoms with van der Waals surface area (Å²) in [6, 6.07) is 0. The zero-order chi connectivity index (χ0) is 16.9. The standard InChI is InChI=1S/C20H32O3/c1-3-5-7-9-10-12-17-16-18(13-14-19(17)21)20(22)23-15-11-8-6-4-2/h13-14,16-17H,3-12,15H2,1-2H3. The molecule has 1 unspecified atom stereocenters. The van der Waals surface area contributed by atoms with Crippen molar-refractivity contribution < 1.29 is 14.3 Å². The second-order valence-corrected chi connectivity index (χ2v) is 6.36. The number of carbonyl (C=O) groups is 2. The molecular weight excluding hydrogens is 288 g/mol. The van der Waals surface area contributed by atoms with Crippen molar-refractivity contribution >= 4 is 11.8 Å². The Morgan fingerprint density at radius 2 is 1.61 bits per heavy atom. The predicted molar refractivity (Wildman–Crippen MR) is 94.2 cm³/mol. The highest BCUT2D eigenvalue weighted by Crippen LogP contribution is 2.21. The highest BCUT2D eigenvalue weighted by Gasteiger charge is 2.21. The van der Waals surface area contributed by atoms with Crippen LogP contribution in [0.15, 0.2) is 23.8 Å². The molecule has 0 fully saturated rings. The zero-order valence-electron chi connectivity index (χ0n) is 14.8. The van der Waals surface area contributed by atoms with E-state index in [4.69, 9.17) is 4.74 Å². The summed E-state index contributed by atoms with van der Waals surface area (Å²) in [7, 11) is 0. The van der Waals surface area contributed by atoms with Crippen LogP contribution in [-0.4, -0.2) is 18.4 Å². The lowest BCUT2D eigenvalue weighted by Gasteiger charge is -2.15. The van der Waals surface area contributed by atoms with Gasteiger partial charge in [0.2, 0.25) is 0 Å². The van der Waals surface area contributed by atoms with E-state index in [0.717, 1.165) is 32.1 Å². The van der Waals surface area contributed by atoms with Crippen molar-refractivity contribution in [2.45, 2.75) is 78.1 Å². The molecule has 23 heavy (non-hydrogen) atoms. The van der Waals surface area contributed by atoms with Crippen molar-refractivity contribution in [1.82, 2.24) is 0 Å². The maximum atomic E-state index is 12.0. The number of ether oxygens (including phenoxy) is 1. The molecule has 0 N–H and O–H groups in total. The van der Waals surface area contributed by atoms with Gasteiger partial charge in [-0.1, -0.05) is 71.3 Å². The van der Waals surface area contributed by atoms with Gasteiger partial charge in [-0.05, 0) is 25.0 Å². The number of hydrogen-bond acceptors (Lipinski definition) is 3. The molecule has 0 amide bonds. The third kappa shape index (κ3) is 8.15. The van der Waals surface area contributed by atoms with Gasteiger partial charge in [0, 0.05) is 5.92 Å². The van der Waals surface area contributed by atoms with Gasteiger partial charge in [0.15, 0.2) is 5.78 Å². The first-order chi connectivity index (χ1) is 11.2. The fourth-order valence-corrected chi connectivity index (χ4v) is 2.76. The Morgan fingerprint density at radius 1 is 0.957 bits per heavy atom. The highest BCUT2D eigenvalue weighted by atomic mass is 16.5. The number of ketones is 1. The second-order valence-electron chi connectivity index (χ2n) is 6.36. The number of rotatable bonds is 12. The number of hydrogen-bond donors (Lipinski definition) is 0. The van der Waals surface area contributed by atoms with Crippen LogP contribution < -0.4 is 0 Å². The van der Waals surface area contributed by atoms with E-state index in [1.54, 1.807) is 12.2 Å². The summed E-state index contributed by atoms with van der Waals surface area (Å²) in [5.41, 5.74) is 0.540. The van der Waals surface area contributed by atoms with E-state index in [0.29, 0.717) is 12.2 Å². The quantitative estimate of drug-likeness (QED) is 0.369. The van der Waals surface area contributed by atoms with Gasteiger partial charge < -0.3 is 4.74 Å². The van der Waals surface area contributed by atoms with Crippen LogP contribution >= 0.6 is 0 Å². The topological polar surface area (TPSA) is 43.4 Å². The molecule has 3 heteroatoms. The first-order valence-corrected chi connectivity index (χ1v) is 9.29. The Balaban J connectivity index is 2.35. The average molecular weight is 320 g/mol. The van der Waals surface area contributed by atoms with E-state index in [-0.39, 0.29) is 17.7 Å². The number of allylic oxidation sites excluding steroid dienone is 2. The van der Waals surface area contributed by atoms with Gasteiger partial charge in [-0.2, -0.15) is 0 Å². The summed E-state index contributed by atoms with van der Waals surface area (Å²) in [6.07, 6.45) is 16.0. The zero-order valence-corrected chi connectivity index (χ0v) is 14.8. The normalized spacial score (nSPS) is 17.2. The van der Waals surface area contributed by atoms with E-state index in [1.807, 2.05) is 0 Å². The van der Waals surface area contributed by atoms with Crippen LogP contribution in [0.4, 0.5) is 0 Å². The first kappa shape index (κ1) is 19.7. The van der Waals surface area contributed by atoms with Crippen LogP contribution in [0, 0.1) is 5.92 Å². The molecular formula is C20H32O3. The highest BCUT2D eigenvalue weighted by molar-refractivity contribution is 6.01. The number of carbonyl (C=O) groups excluding carboxylic acids is 2. The van der Waals surface area contributed by atoms with E-state index in [9.17, 15) is 9.59 Å². The lowest BCUT2D eigenvalue weighted by atomic mass is 9.90. The predicted octanol–water partition coefficient (Wildman–Crippen LogP) is 5.15. The van der Waals surface area contributed by atoms with E-state index >= 15 is 0 Å². The third-order valence-electron chi connectivity index (χ3n) is 4.26. The van der Waals surface area contributed by atoms with E-state index in [1.165, 1.54) is 38.2 Å². The molecule has 0 aromatic heterocycles. The maximum Gasteiger partial charge on any atom is 0.337 e. The van der Waals surface area contributed by atoms with Crippen LogP contribution in [0.1, 0.15) is 78.1 Å². The molecule has 1 aliphatic carbocycles. The Bertz CT molecular complexity index is 421. The van der Waals surface area contributed by atoms with Crippen molar-refractivity contribution in [1.29, 1.82) is 0 Å². The van der Waals surface area contributed by atoms with Crippen LogP contribution in [0.3, 0.4) is 0 Å². The van der Waals surface area contributed by atoms with Crippen molar-refractivity contribution in [2.24, 2.45) is 5.92 Å². The minimum Gasteiger partial charge on any atom is -0.462 e. The first-order valence-electron chi connectivity index (χ1n) is 9.29. The fourth-order valence-electron chi connectivity index (χ4n) is 2.76. The molecule has 0 aromatic rings. The molecule has 0 aromatic carbocycles. The van der Waals surface area contributed by atoms with Gasteiger partial charge in [-0.3, -0.25) is 4.79 Å². The molecule has 0 aliphatic heterocycles.